The Balaban J connectivity index is 2.10. The largest absolute Gasteiger partial charge is 0.314 e. The van der Waals surface area contributed by atoms with E-state index < -0.39 is 0 Å². The molecule has 1 heterocycles. The van der Waals surface area contributed by atoms with E-state index >= 15 is 0 Å². The van der Waals surface area contributed by atoms with E-state index in [1.807, 2.05) is 18.2 Å². The van der Waals surface area contributed by atoms with Gasteiger partial charge in [0.1, 0.15) is 0 Å². The minimum Gasteiger partial charge on any atom is -0.314 e. The summed E-state index contributed by atoms with van der Waals surface area (Å²) in [5, 5.41) is 4.97. The van der Waals surface area contributed by atoms with Crippen molar-refractivity contribution in [1.82, 2.24) is 10.2 Å². The monoisotopic (exact) mass is 300 g/mol. The highest BCUT2D eigenvalue weighted by Crippen LogP contribution is 2.25. The minimum absolute atomic E-state index is 0.588. The molecule has 0 radical (unpaired) electrons. The van der Waals surface area contributed by atoms with Crippen LogP contribution >= 0.6 is 23.2 Å². The highest BCUT2D eigenvalue weighted by Gasteiger charge is 2.26. The maximum atomic E-state index is 6.28. The molecule has 2 nitrogen and oxygen atoms in total. The lowest BCUT2D eigenvalue weighted by atomic mass is 9.95. The van der Waals surface area contributed by atoms with Gasteiger partial charge in [-0.25, -0.2) is 0 Å². The molecule has 0 aliphatic carbocycles. The van der Waals surface area contributed by atoms with Gasteiger partial charge in [0.15, 0.2) is 0 Å². The topological polar surface area (TPSA) is 15.3 Å². The maximum absolute atomic E-state index is 6.28. The molecule has 1 N–H and O–H groups in total. The molecule has 1 aliphatic rings. The van der Waals surface area contributed by atoms with E-state index in [0.717, 1.165) is 31.2 Å². The van der Waals surface area contributed by atoms with E-state index in [1.165, 1.54) is 12.0 Å². The lowest BCUT2D eigenvalue weighted by Crippen LogP contribution is -2.53. The number of nitrogens with one attached hydrogen (secondary N) is 1. The molecule has 0 bridgehead atoms. The van der Waals surface area contributed by atoms with Gasteiger partial charge in [0, 0.05) is 42.3 Å². The molecule has 1 aromatic rings. The third-order valence-electron chi connectivity index (χ3n) is 4.09. The predicted octanol–water partition coefficient (Wildman–Crippen LogP) is 3.81. The van der Waals surface area contributed by atoms with Crippen molar-refractivity contribution in [3.8, 4) is 0 Å². The summed E-state index contributed by atoms with van der Waals surface area (Å²) in [7, 11) is 0. The van der Waals surface area contributed by atoms with Gasteiger partial charge in [-0.05, 0) is 23.6 Å². The van der Waals surface area contributed by atoms with Gasteiger partial charge in [0.05, 0.1) is 0 Å². The number of rotatable bonds is 4. The van der Waals surface area contributed by atoms with E-state index in [-0.39, 0.29) is 0 Å². The molecular formula is C15H22Cl2N2. The van der Waals surface area contributed by atoms with Crippen LogP contribution in [0.15, 0.2) is 18.2 Å². The Morgan fingerprint density at radius 2 is 2.21 bits per heavy atom. The van der Waals surface area contributed by atoms with Gasteiger partial charge in [-0.3, -0.25) is 4.90 Å². The van der Waals surface area contributed by atoms with Gasteiger partial charge < -0.3 is 5.32 Å². The fourth-order valence-corrected chi connectivity index (χ4v) is 3.13. The zero-order valence-electron chi connectivity index (χ0n) is 11.6. The zero-order valence-corrected chi connectivity index (χ0v) is 13.1. The molecule has 2 unspecified atom stereocenters. The van der Waals surface area contributed by atoms with Crippen LogP contribution in [0, 0.1) is 5.92 Å². The highest BCUT2D eigenvalue weighted by molar-refractivity contribution is 6.35. The lowest BCUT2D eigenvalue weighted by molar-refractivity contribution is 0.109. The van der Waals surface area contributed by atoms with Crippen LogP contribution in [0.25, 0.3) is 0 Å². The fourth-order valence-electron chi connectivity index (χ4n) is 2.67. The van der Waals surface area contributed by atoms with Gasteiger partial charge in [-0.15, -0.1) is 0 Å². The normalized spacial score (nSPS) is 22.4. The molecule has 4 heteroatoms. The van der Waals surface area contributed by atoms with Crippen LogP contribution in [0.3, 0.4) is 0 Å². The van der Waals surface area contributed by atoms with Crippen molar-refractivity contribution < 1.29 is 0 Å². The SMILES string of the molecule is CCC(C)C1CNCCN1Cc1ccc(Cl)cc1Cl. The standard InChI is InChI=1S/C15H22Cl2N2/c1-3-11(2)15-9-18-6-7-19(15)10-12-4-5-13(16)8-14(12)17/h4-5,8,11,15,18H,3,6-7,9-10H2,1-2H3. The van der Waals surface area contributed by atoms with Crippen LogP contribution in [0.2, 0.25) is 10.0 Å². The summed E-state index contributed by atoms with van der Waals surface area (Å²) in [5.74, 6) is 0.693. The predicted molar refractivity (Wildman–Crippen MR) is 83.0 cm³/mol. The fraction of sp³-hybridized carbons (Fsp3) is 0.600. The third kappa shape index (κ3) is 3.85. The summed E-state index contributed by atoms with van der Waals surface area (Å²) < 4.78 is 0. The van der Waals surface area contributed by atoms with Crippen LogP contribution in [-0.4, -0.2) is 30.6 Å². The average molecular weight is 301 g/mol. The molecule has 0 aromatic heterocycles. The number of hydrogen-bond acceptors (Lipinski definition) is 2. The van der Waals surface area contributed by atoms with Crippen molar-refractivity contribution in [3.05, 3.63) is 33.8 Å². The van der Waals surface area contributed by atoms with Gasteiger partial charge >= 0.3 is 0 Å². The molecule has 0 amide bonds. The summed E-state index contributed by atoms with van der Waals surface area (Å²) in [6, 6.07) is 6.38. The Hall–Kier alpha value is -0.280. The van der Waals surface area contributed by atoms with Crippen molar-refractivity contribution in [2.75, 3.05) is 19.6 Å². The van der Waals surface area contributed by atoms with Crippen molar-refractivity contribution in [1.29, 1.82) is 0 Å². The third-order valence-corrected chi connectivity index (χ3v) is 4.67. The first kappa shape index (κ1) is 15.1. The van der Waals surface area contributed by atoms with E-state index in [2.05, 4.69) is 24.1 Å². The van der Waals surface area contributed by atoms with Crippen LogP contribution in [0.1, 0.15) is 25.8 Å². The molecule has 2 rings (SSSR count). The summed E-state index contributed by atoms with van der Waals surface area (Å²) in [4.78, 5) is 2.54. The first-order valence-corrected chi connectivity index (χ1v) is 7.76. The molecule has 0 spiro atoms. The quantitative estimate of drug-likeness (QED) is 0.909. The number of hydrogen-bond donors (Lipinski definition) is 1. The van der Waals surface area contributed by atoms with Gasteiger partial charge in [0.2, 0.25) is 0 Å². The van der Waals surface area contributed by atoms with E-state index in [9.17, 15) is 0 Å². The first-order chi connectivity index (χ1) is 9.11. The molecular weight excluding hydrogens is 279 g/mol. The molecule has 1 aliphatic heterocycles. The number of nitrogens with zero attached hydrogens (tertiary/aromatic N) is 1. The number of piperazine rings is 1. The second-order valence-electron chi connectivity index (χ2n) is 5.36. The second-order valence-corrected chi connectivity index (χ2v) is 6.21. The first-order valence-electron chi connectivity index (χ1n) is 7.00. The highest BCUT2D eigenvalue weighted by atomic mass is 35.5. The van der Waals surface area contributed by atoms with Gasteiger partial charge in [0.25, 0.3) is 0 Å². The smallest absolute Gasteiger partial charge is 0.0465 e. The van der Waals surface area contributed by atoms with Crippen LogP contribution in [0.4, 0.5) is 0 Å². The maximum Gasteiger partial charge on any atom is 0.0465 e. The Bertz CT molecular complexity index is 423. The van der Waals surface area contributed by atoms with Crippen molar-refractivity contribution >= 4 is 23.2 Å². The summed E-state index contributed by atoms with van der Waals surface area (Å²) in [5.41, 5.74) is 1.17. The molecule has 19 heavy (non-hydrogen) atoms. The summed E-state index contributed by atoms with van der Waals surface area (Å²) in [6.45, 7) is 8.69. The van der Waals surface area contributed by atoms with Crippen LogP contribution < -0.4 is 5.32 Å². The molecule has 1 aromatic carbocycles. The average Bonchev–Trinajstić information content (AvgIpc) is 2.41. The zero-order chi connectivity index (χ0) is 13.8. The molecule has 1 saturated heterocycles. The number of halogens is 2. The molecule has 106 valence electrons. The van der Waals surface area contributed by atoms with Crippen LogP contribution in [0.5, 0.6) is 0 Å². The summed E-state index contributed by atoms with van der Waals surface area (Å²) >= 11 is 12.2. The minimum atomic E-state index is 0.588. The Labute approximate surface area is 126 Å². The van der Waals surface area contributed by atoms with E-state index in [1.54, 1.807) is 0 Å². The van der Waals surface area contributed by atoms with Gasteiger partial charge in [-0.1, -0.05) is 49.5 Å². The number of benzene rings is 1. The van der Waals surface area contributed by atoms with Gasteiger partial charge in [-0.2, -0.15) is 0 Å². The van der Waals surface area contributed by atoms with Crippen molar-refractivity contribution in [3.63, 3.8) is 0 Å². The Morgan fingerprint density at radius 1 is 1.42 bits per heavy atom. The van der Waals surface area contributed by atoms with Crippen molar-refractivity contribution in [2.24, 2.45) is 5.92 Å². The van der Waals surface area contributed by atoms with Crippen molar-refractivity contribution in [2.45, 2.75) is 32.9 Å². The molecule has 1 fully saturated rings. The van der Waals surface area contributed by atoms with E-state index in [4.69, 9.17) is 23.2 Å². The molecule has 0 saturated carbocycles. The Morgan fingerprint density at radius 3 is 2.89 bits per heavy atom. The molecule has 2 atom stereocenters. The Kier molecular flexibility index (Phi) is 5.52. The van der Waals surface area contributed by atoms with Crippen LogP contribution in [-0.2, 0) is 6.54 Å². The van der Waals surface area contributed by atoms with E-state index in [0.29, 0.717) is 17.0 Å². The lowest BCUT2D eigenvalue weighted by Gasteiger charge is -2.39. The summed E-state index contributed by atoms with van der Waals surface area (Å²) in [6.07, 6.45) is 1.21. The second kappa shape index (κ2) is 6.94.